The first-order chi connectivity index (χ1) is 16.6. The summed E-state index contributed by atoms with van der Waals surface area (Å²) in [5, 5.41) is 15.1. The normalized spacial score (nSPS) is 12.0. The minimum absolute atomic E-state index is 0.0582. The quantitative estimate of drug-likeness (QED) is 0.237. The number of nitrogens with zero attached hydrogens (tertiary/aromatic N) is 2. The van der Waals surface area contributed by atoms with Crippen LogP contribution in [0.3, 0.4) is 0 Å². The standard InChI is InChI=1S/C22H18FN5O5S2/c1-25-20(24)12-4-6-15-13(9-12)10-18(29)28(21(15)30)17-7-5-14(11-16(17)23)26-22(31)27-35(32,33)19-3-2-8-34-19/h2-11,30H,1H3,(H2,24,25)(H2,26,27,31). The molecule has 4 rings (SSSR count). The predicted octanol–water partition coefficient (Wildman–Crippen LogP) is 2.74. The summed E-state index contributed by atoms with van der Waals surface area (Å²) < 4.78 is 41.8. The maximum absolute atomic E-state index is 14.9. The van der Waals surface area contributed by atoms with Gasteiger partial charge in [0.1, 0.15) is 15.9 Å². The number of hydrogen-bond acceptors (Lipinski definition) is 7. The number of nitrogens with one attached hydrogen (secondary N) is 2. The molecule has 0 bridgehead atoms. The van der Waals surface area contributed by atoms with Crippen molar-refractivity contribution in [2.45, 2.75) is 4.21 Å². The number of hydrogen-bond donors (Lipinski definition) is 4. The number of carbonyl (C=O) groups is 1. The van der Waals surface area contributed by atoms with Crippen LogP contribution < -0.4 is 21.3 Å². The number of aliphatic imine (C=N–C) groups is 1. The molecule has 10 nitrogen and oxygen atoms in total. The summed E-state index contributed by atoms with van der Waals surface area (Å²) in [6, 6.07) is 11.0. The Hall–Kier alpha value is -4.23. The van der Waals surface area contributed by atoms with Crippen LogP contribution in [0.15, 0.2) is 74.0 Å². The molecule has 0 radical (unpaired) electrons. The van der Waals surface area contributed by atoms with Crippen LogP contribution in [0.2, 0.25) is 0 Å². The Morgan fingerprint density at radius 2 is 1.94 bits per heavy atom. The fourth-order valence-corrected chi connectivity index (χ4v) is 5.24. The second-order valence-electron chi connectivity index (χ2n) is 7.21. The van der Waals surface area contributed by atoms with Crippen LogP contribution in [-0.2, 0) is 10.0 Å². The number of thiophene rings is 1. The van der Waals surface area contributed by atoms with Crippen molar-refractivity contribution in [3.63, 3.8) is 0 Å². The monoisotopic (exact) mass is 515 g/mol. The van der Waals surface area contributed by atoms with Gasteiger partial charge in [0.25, 0.3) is 15.6 Å². The number of aromatic nitrogens is 1. The zero-order chi connectivity index (χ0) is 25.3. The van der Waals surface area contributed by atoms with Crippen molar-refractivity contribution < 1.29 is 22.7 Å². The van der Waals surface area contributed by atoms with E-state index in [-0.39, 0.29) is 26.8 Å². The Morgan fingerprint density at radius 1 is 1.17 bits per heavy atom. The number of anilines is 1. The lowest BCUT2D eigenvalue weighted by Gasteiger charge is -2.14. The van der Waals surface area contributed by atoms with E-state index in [1.54, 1.807) is 17.5 Å². The fourth-order valence-electron chi connectivity index (χ4n) is 3.34. The van der Waals surface area contributed by atoms with E-state index in [9.17, 15) is 27.5 Å². The predicted molar refractivity (Wildman–Crippen MR) is 131 cm³/mol. The van der Waals surface area contributed by atoms with Gasteiger partial charge in [0.2, 0.25) is 5.88 Å². The largest absolute Gasteiger partial charge is 0.494 e. The van der Waals surface area contributed by atoms with Crippen LogP contribution in [0.4, 0.5) is 14.9 Å². The number of sulfonamides is 1. The Balaban J connectivity index is 1.63. The first-order valence-electron chi connectivity index (χ1n) is 9.89. The Labute approximate surface area is 202 Å². The minimum Gasteiger partial charge on any atom is -0.494 e. The second-order valence-corrected chi connectivity index (χ2v) is 10.1. The van der Waals surface area contributed by atoms with Crippen molar-refractivity contribution in [1.29, 1.82) is 0 Å². The molecule has 13 heteroatoms. The molecule has 5 N–H and O–H groups in total. The van der Waals surface area contributed by atoms with Gasteiger partial charge >= 0.3 is 6.03 Å². The highest BCUT2D eigenvalue weighted by Gasteiger charge is 2.20. The van der Waals surface area contributed by atoms with Crippen molar-refractivity contribution in [3.05, 3.63) is 81.7 Å². The third-order valence-corrected chi connectivity index (χ3v) is 7.70. The molecule has 0 atom stereocenters. The molecule has 2 aromatic carbocycles. The molecular formula is C22H18FN5O5S2. The molecule has 4 aromatic rings. The number of aromatic hydroxyl groups is 1. The van der Waals surface area contributed by atoms with Gasteiger partial charge in [-0.15, -0.1) is 11.3 Å². The van der Waals surface area contributed by atoms with Gasteiger partial charge in [0.05, 0.1) is 5.69 Å². The summed E-state index contributed by atoms with van der Waals surface area (Å²) in [5.41, 5.74) is 5.30. The number of pyridine rings is 1. The highest BCUT2D eigenvalue weighted by atomic mass is 32.2. The van der Waals surface area contributed by atoms with Crippen LogP contribution in [-0.4, -0.2) is 37.0 Å². The van der Waals surface area contributed by atoms with Gasteiger partial charge in [-0.2, -0.15) is 0 Å². The molecule has 2 aromatic heterocycles. The highest BCUT2D eigenvalue weighted by molar-refractivity contribution is 7.92. The number of halogens is 1. The molecule has 0 unspecified atom stereocenters. The van der Waals surface area contributed by atoms with E-state index in [2.05, 4.69) is 10.3 Å². The minimum atomic E-state index is -4.07. The molecule has 0 aliphatic rings. The van der Waals surface area contributed by atoms with Crippen molar-refractivity contribution in [2.24, 2.45) is 10.7 Å². The lowest BCUT2D eigenvalue weighted by Crippen LogP contribution is -2.34. The number of rotatable bonds is 5. The summed E-state index contributed by atoms with van der Waals surface area (Å²) in [4.78, 5) is 28.7. The van der Waals surface area contributed by atoms with E-state index in [1.165, 1.54) is 43.4 Å². The summed E-state index contributed by atoms with van der Waals surface area (Å²) in [7, 11) is -2.55. The van der Waals surface area contributed by atoms with Crippen LogP contribution in [0.5, 0.6) is 5.88 Å². The number of urea groups is 1. The van der Waals surface area contributed by atoms with Crippen LogP contribution in [0.1, 0.15) is 5.56 Å². The number of nitrogens with two attached hydrogens (primary N) is 1. The number of amides is 2. The number of fused-ring (bicyclic) bond motifs is 1. The van der Waals surface area contributed by atoms with Crippen LogP contribution >= 0.6 is 11.3 Å². The van der Waals surface area contributed by atoms with Gasteiger partial charge in [-0.3, -0.25) is 9.79 Å². The van der Waals surface area contributed by atoms with Gasteiger partial charge in [-0.25, -0.2) is 26.9 Å². The number of carbonyl (C=O) groups excluding carboxylic acids is 1. The maximum atomic E-state index is 14.9. The lowest BCUT2D eigenvalue weighted by molar-refractivity contribution is 0.256. The van der Waals surface area contributed by atoms with Crippen molar-refractivity contribution >= 4 is 49.7 Å². The molecule has 180 valence electrons. The molecule has 0 saturated carbocycles. The van der Waals surface area contributed by atoms with Gasteiger partial charge in [0, 0.05) is 29.8 Å². The van der Waals surface area contributed by atoms with Crippen molar-refractivity contribution in [2.75, 3.05) is 12.4 Å². The molecule has 0 spiro atoms. The molecule has 0 fully saturated rings. The third-order valence-electron chi connectivity index (χ3n) is 4.97. The highest BCUT2D eigenvalue weighted by Crippen LogP contribution is 2.28. The topological polar surface area (TPSA) is 156 Å². The zero-order valence-corrected chi connectivity index (χ0v) is 19.7. The number of amidine groups is 1. The summed E-state index contributed by atoms with van der Waals surface area (Å²) in [6.07, 6.45) is 0. The smallest absolute Gasteiger partial charge is 0.333 e. The van der Waals surface area contributed by atoms with Gasteiger partial charge in [-0.05, 0) is 47.2 Å². The van der Waals surface area contributed by atoms with Crippen molar-refractivity contribution in [3.8, 4) is 11.6 Å². The first kappa shape index (κ1) is 23.9. The maximum Gasteiger partial charge on any atom is 0.333 e. The van der Waals surface area contributed by atoms with E-state index in [0.717, 1.165) is 22.0 Å². The molecular weight excluding hydrogens is 497 g/mol. The molecule has 2 amide bonds. The zero-order valence-electron chi connectivity index (χ0n) is 18.0. The van der Waals surface area contributed by atoms with Gasteiger partial charge in [-0.1, -0.05) is 12.1 Å². The van der Waals surface area contributed by atoms with E-state index in [0.29, 0.717) is 10.9 Å². The Kier molecular flexibility index (Phi) is 6.28. The average Bonchev–Trinajstić information content (AvgIpc) is 3.35. The number of benzene rings is 2. The van der Waals surface area contributed by atoms with Gasteiger partial charge in [0.15, 0.2) is 0 Å². The second kappa shape index (κ2) is 9.19. The molecule has 0 aliphatic heterocycles. The SMILES string of the molecule is CN=C(N)c1ccc2c(O)n(-c3ccc(NC(=O)NS(=O)(=O)c4cccs4)cc3F)c(=O)cc2c1. The average molecular weight is 516 g/mol. The van der Waals surface area contributed by atoms with Gasteiger partial charge < -0.3 is 16.2 Å². The van der Waals surface area contributed by atoms with E-state index in [1.807, 2.05) is 4.72 Å². The van der Waals surface area contributed by atoms with E-state index >= 15 is 0 Å². The summed E-state index contributed by atoms with van der Waals surface area (Å²) in [5.74, 6) is -1.19. The Bertz CT molecular complexity index is 1650. The van der Waals surface area contributed by atoms with Crippen molar-refractivity contribution in [1.82, 2.24) is 9.29 Å². The first-order valence-corrected chi connectivity index (χ1v) is 12.3. The fraction of sp³-hybridized carbons (Fsp3) is 0.0455. The molecule has 35 heavy (non-hydrogen) atoms. The third kappa shape index (κ3) is 4.72. The van der Waals surface area contributed by atoms with Crippen LogP contribution in [0.25, 0.3) is 16.5 Å². The summed E-state index contributed by atoms with van der Waals surface area (Å²) >= 11 is 0.928. The summed E-state index contributed by atoms with van der Waals surface area (Å²) in [6.45, 7) is 0. The molecule has 0 aliphatic carbocycles. The lowest BCUT2D eigenvalue weighted by atomic mass is 10.1. The van der Waals surface area contributed by atoms with Crippen LogP contribution in [0, 0.1) is 5.82 Å². The Morgan fingerprint density at radius 3 is 2.60 bits per heavy atom. The molecule has 2 heterocycles. The van der Waals surface area contributed by atoms with E-state index in [4.69, 9.17) is 5.73 Å². The van der Waals surface area contributed by atoms with E-state index < -0.39 is 33.3 Å². The molecule has 0 saturated heterocycles.